The van der Waals surface area contributed by atoms with E-state index in [1.54, 1.807) is 11.0 Å². The van der Waals surface area contributed by atoms with Crippen molar-refractivity contribution < 1.29 is 9.59 Å². The van der Waals surface area contributed by atoms with Gasteiger partial charge in [0.1, 0.15) is 0 Å². The molecule has 0 aliphatic carbocycles. The third-order valence-corrected chi connectivity index (χ3v) is 3.79. The van der Waals surface area contributed by atoms with E-state index in [4.69, 9.17) is 0 Å². The van der Waals surface area contributed by atoms with E-state index in [-0.39, 0.29) is 18.4 Å². The number of amides is 2. The second-order valence-corrected chi connectivity index (χ2v) is 5.40. The third kappa shape index (κ3) is 3.66. The monoisotopic (exact) mass is 306 g/mol. The van der Waals surface area contributed by atoms with Crippen LogP contribution < -0.4 is 5.32 Å². The molecule has 1 fully saturated rings. The van der Waals surface area contributed by atoms with E-state index in [9.17, 15) is 9.59 Å². The second kappa shape index (κ2) is 6.92. The largest absolute Gasteiger partial charge is 0.353 e. The Balaban J connectivity index is 1.95. The van der Waals surface area contributed by atoms with Gasteiger partial charge in [-0.25, -0.2) is 0 Å². The van der Waals surface area contributed by atoms with Crippen LogP contribution in [0.4, 0.5) is 0 Å². The van der Waals surface area contributed by atoms with Crippen LogP contribution >= 0.6 is 0 Å². The fourth-order valence-electron chi connectivity index (χ4n) is 2.61. The molecule has 0 atom stereocenters. The van der Waals surface area contributed by atoms with E-state index in [1.807, 2.05) is 60.7 Å². The number of hydrogen-bond acceptors (Lipinski definition) is 2. The van der Waals surface area contributed by atoms with Crippen molar-refractivity contribution in [1.29, 1.82) is 0 Å². The van der Waals surface area contributed by atoms with Gasteiger partial charge >= 0.3 is 0 Å². The first-order valence-corrected chi connectivity index (χ1v) is 7.62. The molecule has 1 aliphatic heterocycles. The van der Waals surface area contributed by atoms with Crippen molar-refractivity contribution in [1.82, 2.24) is 10.2 Å². The van der Waals surface area contributed by atoms with Gasteiger partial charge in [-0.15, -0.1) is 0 Å². The Morgan fingerprint density at radius 1 is 0.957 bits per heavy atom. The number of carbonyl (C=O) groups excluding carboxylic acids is 2. The Labute approximate surface area is 135 Å². The maximum absolute atomic E-state index is 12.6. The second-order valence-electron chi connectivity index (χ2n) is 5.40. The zero-order chi connectivity index (χ0) is 16.1. The molecule has 0 saturated carbocycles. The predicted octanol–water partition coefficient (Wildman–Crippen LogP) is 2.08. The molecular formula is C19H18N2O2. The molecule has 116 valence electrons. The first kappa shape index (κ1) is 15.0. The van der Waals surface area contributed by atoms with Gasteiger partial charge in [0, 0.05) is 19.2 Å². The molecule has 1 aliphatic rings. The number of rotatable bonds is 3. The number of nitrogens with one attached hydrogen (secondary N) is 1. The predicted molar refractivity (Wildman–Crippen MR) is 89.6 cm³/mol. The molecule has 3 rings (SSSR count). The highest BCUT2D eigenvalue weighted by Crippen LogP contribution is 2.23. The Morgan fingerprint density at radius 2 is 1.52 bits per heavy atom. The number of carbonyl (C=O) groups is 2. The highest BCUT2D eigenvalue weighted by atomic mass is 16.2. The quantitative estimate of drug-likeness (QED) is 0.883. The average Bonchev–Trinajstić information content (AvgIpc) is 2.61. The van der Waals surface area contributed by atoms with E-state index in [0.29, 0.717) is 13.1 Å². The Hall–Kier alpha value is -2.88. The maximum Gasteiger partial charge on any atom is 0.247 e. The zero-order valence-electron chi connectivity index (χ0n) is 12.7. The Kier molecular flexibility index (Phi) is 4.52. The van der Waals surface area contributed by atoms with Crippen molar-refractivity contribution in [2.75, 3.05) is 19.6 Å². The fraction of sp³-hybridized carbons (Fsp3) is 0.158. The van der Waals surface area contributed by atoms with Crippen LogP contribution in [0.2, 0.25) is 0 Å². The number of piperazine rings is 1. The lowest BCUT2D eigenvalue weighted by molar-refractivity contribution is -0.134. The van der Waals surface area contributed by atoms with Crippen LogP contribution in [-0.2, 0) is 9.59 Å². The standard InChI is InChI=1S/C19H18N2O2/c22-18-14-21(12-11-20-18)19(23)13-17(15-7-3-1-4-8-15)16-9-5-2-6-10-16/h1-10,13H,11-12,14H2,(H,20,22). The average molecular weight is 306 g/mol. The molecule has 23 heavy (non-hydrogen) atoms. The highest BCUT2D eigenvalue weighted by molar-refractivity contribution is 6.00. The topological polar surface area (TPSA) is 49.4 Å². The molecule has 0 spiro atoms. The minimum Gasteiger partial charge on any atom is -0.353 e. The summed E-state index contributed by atoms with van der Waals surface area (Å²) in [4.78, 5) is 25.6. The van der Waals surface area contributed by atoms with E-state index >= 15 is 0 Å². The summed E-state index contributed by atoms with van der Waals surface area (Å²) in [5, 5.41) is 2.73. The smallest absolute Gasteiger partial charge is 0.247 e. The van der Waals surface area contributed by atoms with Gasteiger partial charge in [0.05, 0.1) is 6.54 Å². The van der Waals surface area contributed by atoms with Crippen molar-refractivity contribution in [2.45, 2.75) is 0 Å². The normalized spacial score (nSPS) is 14.1. The van der Waals surface area contributed by atoms with Crippen molar-refractivity contribution in [3.8, 4) is 0 Å². The summed E-state index contributed by atoms with van der Waals surface area (Å²) in [6.07, 6.45) is 1.63. The Morgan fingerprint density at radius 3 is 2.04 bits per heavy atom. The molecule has 4 heteroatoms. The summed E-state index contributed by atoms with van der Waals surface area (Å²) < 4.78 is 0. The molecule has 0 radical (unpaired) electrons. The van der Waals surface area contributed by atoms with Crippen LogP contribution in [0.1, 0.15) is 11.1 Å². The molecule has 1 saturated heterocycles. The number of nitrogens with zero attached hydrogens (tertiary/aromatic N) is 1. The van der Waals surface area contributed by atoms with Crippen LogP contribution in [0.3, 0.4) is 0 Å². The number of hydrogen-bond donors (Lipinski definition) is 1. The molecule has 2 amide bonds. The summed E-state index contributed by atoms with van der Waals surface area (Å²) in [6, 6.07) is 19.6. The van der Waals surface area contributed by atoms with Crippen molar-refractivity contribution in [3.05, 3.63) is 77.9 Å². The minimum absolute atomic E-state index is 0.112. The molecule has 0 unspecified atom stereocenters. The van der Waals surface area contributed by atoms with Crippen molar-refractivity contribution in [2.24, 2.45) is 0 Å². The van der Waals surface area contributed by atoms with Gasteiger partial charge < -0.3 is 10.2 Å². The fourth-order valence-corrected chi connectivity index (χ4v) is 2.61. The van der Waals surface area contributed by atoms with Crippen LogP contribution in [0, 0.1) is 0 Å². The number of benzene rings is 2. The van der Waals surface area contributed by atoms with E-state index in [0.717, 1.165) is 16.7 Å². The van der Waals surface area contributed by atoms with Crippen LogP contribution in [-0.4, -0.2) is 36.3 Å². The van der Waals surface area contributed by atoms with E-state index in [1.165, 1.54) is 0 Å². The van der Waals surface area contributed by atoms with Gasteiger partial charge in [0.2, 0.25) is 11.8 Å². The van der Waals surface area contributed by atoms with Crippen LogP contribution in [0.25, 0.3) is 5.57 Å². The van der Waals surface area contributed by atoms with Gasteiger partial charge in [-0.3, -0.25) is 9.59 Å². The van der Waals surface area contributed by atoms with Crippen molar-refractivity contribution in [3.63, 3.8) is 0 Å². The molecule has 2 aromatic carbocycles. The Bertz CT molecular complexity index is 682. The lowest BCUT2D eigenvalue weighted by Crippen LogP contribution is -2.49. The summed E-state index contributed by atoms with van der Waals surface area (Å²) in [5.74, 6) is -0.249. The summed E-state index contributed by atoms with van der Waals surface area (Å²) >= 11 is 0. The lowest BCUT2D eigenvalue weighted by Gasteiger charge is -2.26. The van der Waals surface area contributed by atoms with Gasteiger partial charge in [-0.05, 0) is 16.7 Å². The van der Waals surface area contributed by atoms with Crippen LogP contribution in [0.5, 0.6) is 0 Å². The van der Waals surface area contributed by atoms with E-state index in [2.05, 4.69) is 5.32 Å². The maximum atomic E-state index is 12.6. The molecule has 4 nitrogen and oxygen atoms in total. The summed E-state index contributed by atoms with van der Waals surface area (Å²) in [7, 11) is 0. The van der Waals surface area contributed by atoms with Gasteiger partial charge in [0.25, 0.3) is 0 Å². The first-order valence-electron chi connectivity index (χ1n) is 7.62. The summed E-state index contributed by atoms with van der Waals surface area (Å²) in [6.45, 7) is 1.16. The summed E-state index contributed by atoms with van der Waals surface area (Å²) in [5.41, 5.74) is 2.82. The van der Waals surface area contributed by atoms with Gasteiger partial charge in [-0.2, -0.15) is 0 Å². The molecule has 0 aromatic heterocycles. The molecule has 1 N–H and O–H groups in total. The molecule has 1 heterocycles. The molecule has 0 bridgehead atoms. The lowest BCUT2D eigenvalue weighted by atomic mass is 9.97. The van der Waals surface area contributed by atoms with Crippen LogP contribution in [0.15, 0.2) is 66.7 Å². The van der Waals surface area contributed by atoms with E-state index < -0.39 is 0 Å². The molecule has 2 aromatic rings. The SMILES string of the molecule is O=C1CN(C(=O)C=C(c2ccccc2)c2ccccc2)CCN1. The first-order chi connectivity index (χ1) is 11.2. The minimum atomic E-state index is -0.137. The third-order valence-electron chi connectivity index (χ3n) is 3.79. The van der Waals surface area contributed by atoms with Crippen molar-refractivity contribution >= 4 is 17.4 Å². The van der Waals surface area contributed by atoms with Gasteiger partial charge in [-0.1, -0.05) is 60.7 Å². The zero-order valence-corrected chi connectivity index (χ0v) is 12.7. The molecular weight excluding hydrogens is 288 g/mol. The van der Waals surface area contributed by atoms with Gasteiger partial charge in [0.15, 0.2) is 0 Å². The highest BCUT2D eigenvalue weighted by Gasteiger charge is 2.20.